The van der Waals surface area contributed by atoms with Crippen LogP contribution in [-0.4, -0.2) is 36.9 Å². The standard InChI is InChI=1S/C14H20N2O3S2/c1-4-6-15-13(20)11-12(18)9(8-10(17)19-3)21-14(11)16-7-5-2/h8,16H,4-7H2,1-3H3,(H,15,20)/b9-8-. The van der Waals surface area contributed by atoms with Crippen molar-refractivity contribution in [2.75, 3.05) is 20.2 Å². The van der Waals surface area contributed by atoms with Crippen molar-refractivity contribution in [1.82, 2.24) is 10.6 Å². The van der Waals surface area contributed by atoms with Gasteiger partial charge in [0, 0.05) is 19.2 Å². The molecule has 1 rings (SSSR count). The van der Waals surface area contributed by atoms with Crippen LogP contribution in [0.25, 0.3) is 0 Å². The van der Waals surface area contributed by atoms with Crippen LogP contribution < -0.4 is 10.6 Å². The highest BCUT2D eigenvalue weighted by molar-refractivity contribution is 8.08. The van der Waals surface area contributed by atoms with Crippen LogP contribution in [0.2, 0.25) is 0 Å². The molecule has 2 N–H and O–H groups in total. The summed E-state index contributed by atoms with van der Waals surface area (Å²) in [5.41, 5.74) is 0.437. The number of thioether (sulfide) groups is 1. The zero-order valence-corrected chi connectivity index (χ0v) is 14.1. The minimum absolute atomic E-state index is 0.238. The molecule has 5 nitrogen and oxygen atoms in total. The fraction of sp³-hybridized carbons (Fsp3) is 0.500. The van der Waals surface area contributed by atoms with Crippen molar-refractivity contribution < 1.29 is 14.3 Å². The van der Waals surface area contributed by atoms with E-state index in [1.165, 1.54) is 24.9 Å². The van der Waals surface area contributed by atoms with Gasteiger partial charge >= 0.3 is 5.97 Å². The Kier molecular flexibility index (Phi) is 7.45. The van der Waals surface area contributed by atoms with Gasteiger partial charge in [-0.2, -0.15) is 0 Å². The van der Waals surface area contributed by atoms with Gasteiger partial charge in [-0.3, -0.25) is 4.79 Å². The van der Waals surface area contributed by atoms with Crippen molar-refractivity contribution in [2.24, 2.45) is 0 Å². The van der Waals surface area contributed by atoms with Gasteiger partial charge in [-0.1, -0.05) is 37.8 Å². The van der Waals surface area contributed by atoms with Gasteiger partial charge in [0.05, 0.1) is 22.6 Å². The Hall–Kier alpha value is -1.34. The van der Waals surface area contributed by atoms with Crippen LogP contribution in [0, 0.1) is 0 Å². The SMILES string of the molecule is CCCNC(=S)C1=C(NCCC)S/C(=C\C(=O)OC)C1=O. The summed E-state index contributed by atoms with van der Waals surface area (Å²) in [5, 5.41) is 6.95. The van der Waals surface area contributed by atoms with E-state index in [0.717, 1.165) is 19.4 Å². The second-order valence-electron chi connectivity index (χ2n) is 4.35. The molecule has 7 heteroatoms. The number of Topliss-reactive ketones (excluding diaryl/α,β-unsaturated/α-hetero) is 1. The quantitative estimate of drug-likeness (QED) is 0.420. The molecule has 0 aromatic carbocycles. The van der Waals surface area contributed by atoms with E-state index >= 15 is 0 Å². The van der Waals surface area contributed by atoms with Gasteiger partial charge in [0.15, 0.2) is 0 Å². The lowest BCUT2D eigenvalue weighted by atomic mass is 10.1. The second-order valence-corrected chi connectivity index (χ2v) is 5.81. The van der Waals surface area contributed by atoms with Crippen molar-refractivity contribution in [2.45, 2.75) is 26.7 Å². The van der Waals surface area contributed by atoms with E-state index < -0.39 is 5.97 Å². The van der Waals surface area contributed by atoms with Crippen LogP contribution in [-0.2, 0) is 14.3 Å². The van der Waals surface area contributed by atoms with Gasteiger partial charge in [0.2, 0.25) is 5.78 Å². The molecular formula is C14H20N2O3S2. The molecule has 0 saturated carbocycles. The van der Waals surface area contributed by atoms with Crippen molar-refractivity contribution in [3.8, 4) is 0 Å². The van der Waals surface area contributed by atoms with E-state index in [9.17, 15) is 9.59 Å². The lowest BCUT2D eigenvalue weighted by Gasteiger charge is -2.09. The Morgan fingerprint density at radius 1 is 1.33 bits per heavy atom. The maximum absolute atomic E-state index is 12.4. The normalized spacial score (nSPS) is 16.3. The third-order valence-corrected chi connectivity index (χ3v) is 4.06. The minimum atomic E-state index is -0.547. The maximum atomic E-state index is 12.4. The number of hydrogen-bond donors (Lipinski definition) is 2. The number of allylic oxidation sites excluding steroid dienone is 1. The Labute approximate surface area is 134 Å². The third-order valence-electron chi connectivity index (χ3n) is 2.64. The summed E-state index contributed by atoms with van der Waals surface area (Å²) >= 11 is 6.52. The van der Waals surface area contributed by atoms with Gasteiger partial charge < -0.3 is 15.4 Å². The van der Waals surface area contributed by atoms with E-state index in [1.54, 1.807) is 0 Å². The fourth-order valence-electron chi connectivity index (χ4n) is 1.59. The van der Waals surface area contributed by atoms with Crippen LogP contribution >= 0.6 is 24.0 Å². The van der Waals surface area contributed by atoms with Crippen molar-refractivity contribution in [3.05, 3.63) is 21.6 Å². The molecule has 116 valence electrons. The molecule has 0 aromatic rings. The van der Waals surface area contributed by atoms with Crippen molar-refractivity contribution in [1.29, 1.82) is 0 Å². The summed E-state index contributed by atoms with van der Waals surface area (Å²) in [6, 6.07) is 0. The first-order valence-electron chi connectivity index (χ1n) is 6.83. The Bertz CT molecular complexity index is 498. The Balaban J connectivity index is 2.99. The first-order chi connectivity index (χ1) is 10.0. The van der Waals surface area contributed by atoms with E-state index in [2.05, 4.69) is 15.4 Å². The third kappa shape index (κ3) is 4.86. The van der Waals surface area contributed by atoms with Crippen LogP contribution in [0.4, 0.5) is 0 Å². The molecular weight excluding hydrogens is 308 g/mol. The van der Waals surface area contributed by atoms with E-state index in [1.807, 2.05) is 13.8 Å². The molecule has 0 saturated heterocycles. The molecule has 0 unspecified atom stereocenters. The zero-order valence-electron chi connectivity index (χ0n) is 12.4. The monoisotopic (exact) mass is 328 g/mol. The molecule has 0 spiro atoms. The van der Waals surface area contributed by atoms with Crippen LogP contribution in [0.3, 0.4) is 0 Å². The highest BCUT2D eigenvalue weighted by Crippen LogP contribution is 2.37. The van der Waals surface area contributed by atoms with Crippen LogP contribution in [0.15, 0.2) is 21.6 Å². The maximum Gasteiger partial charge on any atom is 0.331 e. The zero-order chi connectivity index (χ0) is 15.8. The minimum Gasteiger partial charge on any atom is -0.466 e. The van der Waals surface area contributed by atoms with Gasteiger partial charge in [-0.15, -0.1) is 0 Å². The molecule has 1 heterocycles. The highest BCUT2D eigenvalue weighted by atomic mass is 32.2. The molecule has 0 atom stereocenters. The number of nitrogens with one attached hydrogen (secondary N) is 2. The van der Waals surface area contributed by atoms with Crippen molar-refractivity contribution in [3.63, 3.8) is 0 Å². The number of carbonyl (C=O) groups is 2. The lowest BCUT2D eigenvalue weighted by Crippen LogP contribution is -2.28. The Morgan fingerprint density at radius 2 is 2.00 bits per heavy atom. The molecule has 0 fully saturated rings. The summed E-state index contributed by atoms with van der Waals surface area (Å²) in [7, 11) is 1.28. The molecule has 0 aliphatic carbocycles. The van der Waals surface area contributed by atoms with E-state index in [4.69, 9.17) is 12.2 Å². The molecule has 21 heavy (non-hydrogen) atoms. The van der Waals surface area contributed by atoms with Gasteiger partial charge in [-0.05, 0) is 12.8 Å². The number of rotatable bonds is 7. The number of esters is 1. The van der Waals surface area contributed by atoms with Gasteiger partial charge in [0.1, 0.15) is 4.99 Å². The van der Waals surface area contributed by atoms with Crippen LogP contribution in [0.1, 0.15) is 26.7 Å². The summed E-state index contributed by atoms with van der Waals surface area (Å²) in [4.78, 5) is 24.5. The first kappa shape index (κ1) is 17.7. The second kappa shape index (κ2) is 8.84. The Morgan fingerprint density at radius 3 is 2.57 bits per heavy atom. The number of ketones is 1. The smallest absolute Gasteiger partial charge is 0.331 e. The summed E-state index contributed by atoms with van der Waals surface area (Å²) in [6.07, 6.45) is 3.05. The molecule has 0 amide bonds. The number of ether oxygens (including phenoxy) is 1. The van der Waals surface area contributed by atoms with Crippen LogP contribution in [0.5, 0.6) is 0 Å². The van der Waals surface area contributed by atoms with E-state index in [0.29, 0.717) is 27.0 Å². The molecule has 0 aromatic heterocycles. The summed E-state index contributed by atoms with van der Waals surface area (Å²) in [6.45, 7) is 5.50. The molecule has 1 aliphatic rings. The highest BCUT2D eigenvalue weighted by Gasteiger charge is 2.32. The summed E-state index contributed by atoms with van der Waals surface area (Å²) < 4.78 is 4.57. The number of carbonyl (C=O) groups excluding carboxylic acids is 2. The first-order valence-corrected chi connectivity index (χ1v) is 8.06. The van der Waals surface area contributed by atoms with Gasteiger partial charge in [-0.25, -0.2) is 4.79 Å². The largest absolute Gasteiger partial charge is 0.466 e. The number of thiocarbonyl (C=S) groups is 1. The fourth-order valence-corrected chi connectivity index (χ4v) is 2.99. The number of methoxy groups -OCH3 is 1. The predicted molar refractivity (Wildman–Crippen MR) is 88.9 cm³/mol. The topological polar surface area (TPSA) is 67.4 Å². The van der Waals surface area contributed by atoms with Crippen molar-refractivity contribution >= 4 is 40.7 Å². The molecule has 1 aliphatic heterocycles. The lowest BCUT2D eigenvalue weighted by molar-refractivity contribution is -0.135. The van der Waals surface area contributed by atoms with E-state index in [-0.39, 0.29) is 5.78 Å². The summed E-state index contributed by atoms with van der Waals surface area (Å²) in [5.74, 6) is -0.785. The predicted octanol–water partition coefficient (Wildman–Crippen LogP) is 1.90. The molecule has 0 bridgehead atoms. The number of hydrogen-bond acceptors (Lipinski definition) is 6. The van der Waals surface area contributed by atoms with Gasteiger partial charge in [0.25, 0.3) is 0 Å². The average molecular weight is 328 g/mol. The molecule has 0 radical (unpaired) electrons. The average Bonchev–Trinajstić information content (AvgIpc) is 2.78.